The van der Waals surface area contributed by atoms with Crippen molar-refractivity contribution in [3.63, 3.8) is 0 Å². The normalized spacial score (nSPS) is 17.1. The maximum absolute atomic E-state index is 12.8. The minimum Gasteiger partial charge on any atom is -0.389 e. The second-order valence-electron chi connectivity index (χ2n) is 5.29. The Morgan fingerprint density at radius 1 is 1.42 bits per heavy atom. The van der Waals surface area contributed by atoms with Crippen molar-refractivity contribution in [2.75, 3.05) is 11.9 Å². The summed E-state index contributed by atoms with van der Waals surface area (Å²) >= 11 is 4.70. The molecule has 1 aromatic rings. The van der Waals surface area contributed by atoms with E-state index in [1.165, 1.54) is 12.1 Å². The van der Waals surface area contributed by atoms with Crippen LogP contribution in [-0.4, -0.2) is 11.5 Å². The molecule has 19 heavy (non-hydrogen) atoms. The van der Waals surface area contributed by atoms with E-state index in [4.69, 9.17) is 18.0 Å². The number of benzene rings is 1. The highest BCUT2D eigenvalue weighted by atomic mass is 32.1. The van der Waals surface area contributed by atoms with Crippen LogP contribution >= 0.6 is 12.2 Å². The number of anilines is 1. The molecule has 0 saturated heterocycles. The van der Waals surface area contributed by atoms with Crippen molar-refractivity contribution in [1.29, 1.82) is 0 Å². The van der Waals surface area contributed by atoms with E-state index in [1.807, 2.05) is 0 Å². The molecule has 1 fully saturated rings. The number of halogens is 3. The van der Waals surface area contributed by atoms with Crippen molar-refractivity contribution in [1.82, 2.24) is 0 Å². The lowest BCUT2D eigenvalue weighted by molar-refractivity contribution is -0.137. The Kier molecular flexibility index (Phi) is 3.47. The molecule has 0 amide bonds. The zero-order valence-corrected chi connectivity index (χ0v) is 11.3. The van der Waals surface area contributed by atoms with Gasteiger partial charge in [0.05, 0.1) is 5.56 Å². The summed E-state index contributed by atoms with van der Waals surface area (Å²) in [5, 5.41) is 3.14. The number of hydrogen-bond acceptors (Lipinski definition) is 2. The third kappa shape index (κ3) is 3.37. The van der Waals surface area contributed by atoms with Crippen LogP contribution in [0.5, 0.6) is 0 Å². The molecular weight excluding hydrogens is 273 g/mol. The minimum absolute atomic E-state index is 0.131. The summed E-state index contributed by atoms with van der Waals surface area (Å²) in [6.07, 6.45) is -2.16. The molecule has 104 valence electrons. The molecule has 1 aromatic carbocycles. The first-order chi connectivity index (χ1) is 8.71. The zero-order chi connectivity index (χ0) is 14.3. The van der Waals surface area contributed by atoms with Gasteiger partial charge in [-0.15, -0.1) is 0 Å². The van der Waals surface area contributed by atoms with E-state index in [1.54, 1.807) is 0 Å². The van der Waals surface area contributed by atoms with Crippen molar-refractivity contribution in [2.45, 2.75) is 25.9 Å². The second kappa shape index (κ2) is 4.67. The number of rotatable bonds is 4. The molecule has 6 heteroatoms. The number of alkyl halides is 3. The molecule has 0 spiro atoms. The van der Waals surface area contributed by atoms with Crippen LogP contribution in [0.1, 0.15) is 30.9 Å². The number of hydrogen-bond donors (Lipinski definition) is 2. The molecule has 0 bridgehead atoms. The standard InChI is InChI=1S/C13H15F3N2S/c1-12(4-5-12)7-18-8-2-3-10(13(14,15)16)9(6-8)11(17)19/h2-3,6,18H,4-5,7H2,1H3,(H2,17,19). The fourth-order valence-corrected chi connectivity index (χ4v) is 1.98. The smallest absolute Gasteiger partial charge is 0.389 e. The Morgan fingerprint density at radius 2 is 2.05 bits per heavy atom. The van der Waals surface area contributed by atoms with E-state index in [9.17, 15) is 13.2 Å². The molecular formula is C13H15F3N2S. The quantitative estimate of drug-likeness (QED) is 0.832. The Bertz CT molecular complexity index is 507. The molecule has 2 rings (SSSR count). The van der Waals surface area contributed by atoms with E-state index in [0.29, 0.717) is 5.69 Å². The summed E-state index contributed by atoms with van der Waals surface area (Å²) in [4.78, 5) is -0.242. The lowest BCUT2D eigenvalue weighted by atomic mass is 10.1. The average Bonchev–Trinajstić information content (AvgIpc) is 3.04. The average molecular weight is 288 g/mol. The van der Waals surface area contributed by atoms with Crippen molar-refractivity contribution < 1.29 is 13.2 Å². The van der Waals surface area contributed by atoms with Crippen LogP contribution in [0.15, 0.2) is 18.2 Å². The largest absolute Gasteiger partial charge is 0.417 e. The van der Waals surface area contributed by atoms with Gasteiger partial charge in [0, 0.05) is 17.8 Å². The monoisotopic (exact) mass is 288 g/mol. The molecule has 1 saturated carbocycles. The van der Waals surface area contributed by atoms with Gasteiger partial charge in [-0.2, -0.15) is 13.2 Å². The highest BCUT2D eigenvalue weighted by molar-refractivity contribution is 7.80. The van der Waals surface area contributed by atoms with Gasteiger partial charge in [-0.1, -0.05) is 19.1 Å². The highest BCUT2D eigenvalue weighted by Crippen LogP contribution is 2.44. The number of nitrogens with one attached hydrogen (secondary N) is 1. The maximum atomic E-state index is 12.8. The van der Waals surface area contributed by atoms with Crippen molar-refractivity contribution >= 4 is 22.9 Å². The number of thiocarbonyl (C=S) groups is 1. The first kappa shape index (κ1) is 14.1. The Hall–Kier alpha value is -1.30. The van der Waals surface area contributed by atoms with E-state index in [0.717, 1.165) is 25.5 Å². The van der Waals surface area contributed by atoms with Crippen LogP contribution in [0.25, 0.3) is 0 Å². The molecule has 0 heterocycles. The lowest BCUT2D eigenvalue weighted by Crippen LogP contribution is -2.19. The van der Waals surface area contributed by atoms with Crippen molar-refractivity contribution in [3.8, 4) is 0 Å². The zero-order valence-electron chi connectivity index (χ0n) is 10.5. The van der Waals surface area contributed by atoms with Gasteiger partial charge in [-0.25, -0.2) is 0 Å². The van der Waals surface area contributed by atoms with Gasteiger partial charge in [-0.05, 0) is 36.5 Å². The first-order valence-corrected chi connectivity index (χ1v) is 6.37. The summed E-state index contributed by atoms with van der Waals surface area (Å²) in [5.41, 5.74) is 5.34. The predicted octanol–water partition coefficient (Wildman–Crippen LogP) is 3.55. The maximum Gasteiger partial charge on any atom is 0.417 e. The predicted molar refractivity (Wildman–Crippen MR) is 73.2 cm³/mol. The molecule has 0 radical (unpaired) electrons. The van der Waals surface area contributed by atoms with E-state index >= 15 is 0 Å². The fraction of sp³-hybridized carbons (Fsp3) is 0.462. The summed E-state index contributed by atoms with van der Waals surface area (Å²) in [6.45, 7) is 2.88. The topological polar surface area (TPSA) is 38.0 Å². The number of nitrogens with two attached hydrogens (primary N) is 1. The van der Waals surface area contributed by atoms with Gasteiger partial charge in [0.15, 0.2) is 0 Å². The van der Waals surface area contributed by atoms with Crippen LogP contribution in [0.2, 0.25) is 0 Å². The third-order valence-electron chi connectivity index (χ3n) is 3.41. The summed E-state index contributed by atoms with van der Waals surface area (Å²) < 4.78 is 38.4. The van der Waals surface area contributed by atoms with Gasteiger partial charge in [0.1, 0.15) is 4.99 Å². The highest BCUT2D eigenvalue weighted by Gasteiger charge is 2.37. The van der Waals surface area contributed by atoms with Gasteiger partial charge in [-0.3, -0.25) is 0 Å². The van der Waals surface area contributed by atoms with Crippen LogP contribution in [0.4, 0.5) is 18.9 Å². The second-order valence-corrected chi connectivity index (χ2v) is 5.73. The molecule has 2 nitrogen and oxygen atoms in total. The molecule has 0 unspecified atom stereocenters. The molecule has 0 aromatic heterocycles. The van der Waals surface area contributed by atoms with Crippen molar-refractivity contribution in [3.05, 3.63) is 29.3 Å². The van der Waals surface area contributed by atoms with Crippen LogP contribution in [0, 0.1) is 5.41 Å². The van der Waals surface area contributed by atoms with E-state index < -0.39 is 11.7 Å². The molecule has 0 aliphatic heterocycles. The Labute approximate surface area is 115 Å². The first-order valence-electron chi connectivity index (χ1n) is 5.96. The van der Waals surface area contributed by atoms with E-state index in [2.05, 4.69) is 12.2 Å². The fourth-order valence-electron chi connectivity index (χ4n) is 1.81. The van der Waals surface area contributed by atoms with Crippen LogP contribution < -0.4 is 11.1 Å². The Balaban J connectivity index is 2.23. The van der Waals surface area contributed by atoms with Gasteiger partial charge >= 0.3 is 6.18 Å². The molecule has 3 N–H and O–H groups in total. The van der Waals surface area contributed by atoms with Crippen LogP contribution in [-0.2, 0) is 6.18 Å². The summed E-state index contributed by atoms with van der Waals surface area (Å²) in [5.74, 6) is 0. The van der Waals surface area contributed by atoms with E-state index in [-0.39, 0.29) is 16.0 Å². The summed E-state index contributed by atoms with van der Waals surface area (Å²) in [6, 6.07) is 3.80. The molecule has 1 aliphatic carbocycles. The molecule has 1 aliphatic rings. The molecule has 0 atom stereocenters. The SMILES string of the molecule is CC1(CNc2ccc(C(F)(F)F)c(C(N)=S)c2)CC1. The van der Waals surface area contributed by atoms with Gasteiger partial charge in [0.25, 0.3) is 0 Å². The van der Waals surface area contributed by atoms with Crippen molar-refractivity contribution in [2.24, 2.45) is 11.1 Å². The minimum atomic E-state index is -4.44. The van der Waals surface area contributed by atoms with Gasteiger partial charge in [0.2, 0.25) is 0 Å². The lowest BCUT2D eigenvalue weighted by Gasteiger charge is -2.16. The third-order valence-corrected chi connectivity index (χ3v) is 3.63. The summed E-state index contributed by atoms with van der Waals surface area (Å²) in [7, 11) is 0. The Morgan fingerprint density at radius 3 is 2.53 bits per heavy atom. The van der Waals surface area contributed by atoms with Crippen LogP contribution in [0.3, 0.4) is 0 Å². The van der Waals surface area contributed by atoms with Gasteiger partial charge < -0.3 is 11.1 Å².